The number of rotatable bonds is 3. The average Bonchev–Trinajstić information content (AvgIpc) is 3.17. The summed E-state index contributed by atoms with van der Waals surface area (Å²) in [7, 11) is 0. The maximum absolute atomic E-state index is 13.4. The van der Waals surface area contributed by atoms with Gasteiger partial charge in [-0.3, -0.25) is 4.79 Å². The lowest BCUT2D eigenvalue weighted by molar-refractivity contribution is -0.141. The molecular formula is C23H28F3N3O2. The summed E-state index contributed by atoms with van der Waals surface area (Å²) in [5, 5.41) is 19.2. The van der Waals surface area contributed by atoms with Gasteiger partial charge < -0.3 is 14.9 Å². The molecule has 0 radical (unpaired) electrons. The zero-order valence-electron chi connectivity index (χ0n) is 17.5. The van der Waals surface area contributed by atoms with E-state index >= 15 is 0 Å². The number of carbonyl (C=O) groups excluding carboxylic acids is 1. The van der Waals surface area contributed by atoms with Gasteiger partial charge in [0.15, 0.2) is 0 Å². The Bertz CT molecular complexity index is 876. The number of hydrogen-bond acceptors (Lipinski definition) is 4. The van der Waals surface area contributed by atoms with Crippen LogP contribution in [-0.4, -0.2) is 48.7 Å². The van der Waals surface area contributed by atoms with Crippen molar-refractivity contribution >= 4 is 11.6 Å². The zero-order chi connectivity index (χ0) is 22.2. The van der Waals surface area contributed by atoms with Crippen LogP contribution in [0.15, 0.2) is 18.2 Å². The number of aliphatic hydroxyl groups is 1. The number of nitriles is 1. The maximum atomic E-state index is 13.4. The van der Waals surface area contributed by atoms with Crippen LogP contribution in [-0.2, 0) is 11.0 Å². The van der Waals surface area contributed by atoms with Gasteiger partial charge in [-0.15, -0.1) is 0 Å². The third kappa shape index (κ3) is 4.12. The number of anilines is 1. The number of piperidine rings is 1. The highest BCUT2D eigenvalue weighted by atomic mass is 19.4. The number of likely N-dealkylation sites (tertiary alicyclic amines) is 1. The zero-order valence-corrected chi connectivity index (χ0v) is 17.5. The highest BCUT2D eigenvalue weighted by molar-refractivity contribution is 5.79. The van der Waals surface area contributed by atoms with E-state index in [0.29, 0.717) is 38.3 Å². The minimum absolute atomic E-state index is 0.00349. The van der Waals surface area contributed by atoms with Gasteiger partial charge in [0.2, 0.25) is 5.91 Å². The van der Waals surface area contributed by atoms with E-state index in [-0.39, 0.29) is 24.3 Å². The summed E-state index contributed by atoms with van der Waals surface area (Å²) < 4.78 is 40.2. The van der Waals surface area contributed by atoms with Gasteiger partial charge in [0, 0.05) is 49.1 Å². The van der Waals surface area contributed by atoms with Crippen LogP contribution in [0.3, 0.4) is 0 Å². The topological polar surface area (TPSA) is 67.6 Å². The number of alkyl halides is 3. The van der Waals surface area contributed by atoms with E-state index in [4.69, 9.17) is 5.26 Å². The van der Waals surface area contributed by atoms with Crippen LogP contribution in [0, 0.1) is 28.6 Å². The van der Waals surface area contributed by atoms with Crippen LogP contribution in [0.25, 0.3) is 0 Å². The second-order valence-electron chi connectivity index (χ2n) is 9.31. The molecule has 2 saturated heterocycles. The first-order valence-electron chi connectivity index (χ1n) is 11.0. The summed E-state index contributed by atoms with van der Waals surface area (Å²) in [6.07, 6.45) is 1.26. The summed E-state index contributed by atoms with van der Waals surface area (Å²) in [4.78, 5) is 16.8. The monoisotopic (exact) mass is 435 g/mol. The van der Waals surface area contributed by atoms with Gasteiger partial charge >= 0.3 is 6.18 Å². The molecule has 1 saturated carbocycles. The molecular weight excluding hydrogens is 407 g/mol. The Morgan fingerprint density at radius 3 is 2.61 bits per heavy atom. The van der Waals surface area contributed by atoms with Crippen LogP contribution in [0.2, 0.25) is 0 Å². The highest BCUT2D eigenvalue weighted by Crippen LogP contribution is 2.45. The molecule has 1 aliphatic carbocycles. The Morgan fingerprint density at radius 1 is 1.23 bits per heavy atom. The van der Waals surface area contributed by atoms with Gasteiger partial charge in [-0.1, -0.05) is 19.3 Å². The standard InChI is InChI=1S/C23H28F3N3O2/c24-23(25,26)20-10-19(7-6-17(20)11-27)29-13-18-12-28(9-8-22(18,14-29)15-30)21(31)16-4-2-1-3-5-16/h6-7,10,16,18,30H,1-5,8-9,12-15H2/t18-,22+/m1/s1. The van der Waals surface area contributed by atoms with Crippen molar-refractivity contribution in [3.63, 3.8) is 0 Å². The molecule has 4 rings (SSSR count). The minimum Gasteiger partial charge on any atom is -0.396 e. The number of amides is 1. The Morgan fingerprint density at radius 2 is 1.97 bits per heavy atom. The van der Waals surface area contributed by atoms with Crippen LogP contribution in [0.5, 0.6) is 0 Å². The van der Waals surface area contributed by atoms with Crippen LogP contribution >= 0.6 is 0 Å². The lowest BCUT2D eigenvalue weighted by Crippen LogP contribution is -2.52. The molecule has 5 nitrogen and oxygen atoms in total. The fraction of sp³-hybridized carbons (Fsp3) is 0.652. The molecule has 31 heavy (non-hydrogen) atoms. The van der Waals surface area contributed by atoms with E-state index < -0.39 is 22.7 Å². The number of hydrogen-bond donors (Lipinski definition) is 1. The summed E-state index contributed by atoms with van der Waals surface area (Å²) in [6, 6.07) is 5.40. The third-order valence-corrected chi connectivity index (χ3v) is 7.51. The number of nitrogens with zero attached hydrogens (tertiary/aromatic N) is 3. The van der Waals surface area contributed by atoms with Gasteiger partial charge in [-0.25, -0.2) is 0 Å². The first-order valence-corrected chi connectivity index (χ1v) is 11.0. The Labute approximate surface area is 180 Å². The molecule has 0 aromatic heterocycles. The summed E-state index contributed by atoms with van der Waals surface area (Å²) in [5.74, 6) is 0.284. The van der Waals surface area contributed by atoms with Crippen LogP contribution in [0.4, 0.5) is 18.9 Å². The fourth-order valence-corrected chi connectivity index (χ4v) is 5.61. The Balaban J connectivity index is 1.53. The van der Waals surface area contributed by atoms with Gasteiger partial charge in [-0.05, 0) is 37.5 Å². The molecule has 168 valence electrons. The number of carbonyl (C=O) groups is 1. The van der Waals surface area contributed by atoms with E-state index in [0.717, 1.165) is 31.7 Å². The second kappa shape index (κ2) is 8.34. The number of halogens is 3. The van der Waals surface area contributed by atoms with Crippen molar-refractivity contribution in [2.24, 2.45) is 17.3 Å². The molecule has 1 N–H and O–H groups in total. The van der Waals surface area contributed by atoms with Gasteiger partial charge in [0.25, 0.3) is 0 Å². The number of benzene rings is 1. The van der Waals surface area contributed by atoms with Gasteiger partial charge in [0.05, 0.1) is 23.8 Å². The molecule has 8 heteroatoms. The largest absolute Gasteiger partial charge is 0.417 e. The van der Waals surface area contributed by atoms with Crippen molar-refractivity contribution in [1.29, 1.82) is 5.26 Å². The first kappa shape index (κ1) is 21.9. The van der Waals surface area contributed by atoms with Crippen LogP contribution < -0.4 is 4.90 Å². The van der Waals surface area contributed by atoms with Crippen molar-refractivity contribution < 1.29 is 23.1 Å². The lowest BCUT2D eigenvalue weighted by atomic mass is 9.73. The second-order valence-corrected chi connectivity index (χ2v) is 9.31. The molecule has 3 fully saturated rings. The van der Waals surface area contributed by atoms with E-state index in [9.17, 15) is 23.1 Å². The van der Waals surface area contributed by atoms with Crippen LogP contribution in [0.1, 0.15) is 49.7 Å². The smallest absolute Gasteiger partial charge is 0.396 e. The maximum Gasteiger partial charge on any atom is 0.417 e. The predicted molar refractivity (Wildman–Crippen MR) is 109 cm³/mol. The number of fused-ring (bicyclic) bond motifs is 1. The van der Waals surface area contributed by atoms with E-state index in [2.05, 4.69) is 0 Å². The Kier molecular flexibility index (Phi) is 5.91. The molecule has 2 heterocycles. The molecule has 2 atom stereocenters. The van der Waals surface area contributed by atoms with Crippen molar-refractivity contribution in [3.8, 4) is 6.07 Å². The molecule has 0 unspecified atom stereocenters. The molecule has 2 aliphatic heterocycles. The molecule has 1 aromatic carbocycles. The minimum atomic E-state index is -4.61. The van der Waals surface area contributed by atoms with Crippen molar-refractivity contribution in [3.05, 3.63) is 29.3 Å². The third-order valence-electron chi connectivity index (χ3n) is 7.51. The number of aliphatic hydroxyl groups excluding tert-OH is 1. The SMILES string of the molecule is N#Cc1ccc(N2C[C@H]3CN(C(=O)C4CCCCC4)CC[C@@]3(CO)C2)cc1C(F)(F)F. The Hall–Kier alpha value is -2.27. The van der Waals surface area contributed by atoms with E-state index in [1.165, 1.54) is 12.5 Å². The first-order chi connectivity index (χ1) is 14.8. The van der Waals surface area contributed by atoms with Gasteiger partial charge in [0.1, 0.15) is 0 Å². The van der Waals surface area contributed by atoms with Crippen molar-refractivity contribution in [1.82, 2.24) is 4.90 Å². The normalized spacial score (nSPS) is 27.1. The average molecular weight is 435 g/mol. The van der Waals surface area contributed by atoms with E-state index in [1.807, 2.05) is 9.80 Å². The lowest BCUT2D eigenvalue weighted by Gasteiger charge is -2.43. The molecule has 0 spiro atoms. The molecule has 1 aromatic rings. The summed E-state index contributed by atoms with van der Waals surface area (Å²) in [6.45, 7) is 2.00. The predicted octanol–water partition coefficient (Wildman–Crippen LogP) is 3.80. The summed E-state index contributed by atoms with van der Waals surface area (Å²) in [5.41, 5.74) is -1.35. The molecule has 3 aliphatic rings. The van der Waals surface area contributed by atoms with Gasteiger partial charge in [-0.2, -0.15) is 18.4 Å². The fourth-order valence-electron chi connectivity index (χ4n) is 5.61. The van der Waals surface area contributed by atoms with E-state index in [1.54, 1.807) is 12.1 Å². The molecule has 0 bridgehead atoms. The highest BCUT2D eigenvalue weighted by Gasteiger charge is 2.50. The van der Waals surface area contributed by atoms with Crippen molar-refractivity contribution in [2.75, 3.05) is 37.7 Å². The van der Waals surface area contributed by atoms with Crippen molar-refractivity contribution in [2.45, 2.75) is 44.7 Å². The summed E-state index contributed by atoms with van der Waals surface area (Å²) >= 11 is 0. The molecule has 1 amide bonds. The quantitative estimate of drug-likeness (QED) is 0.784.